The normalized spacial score (nSPS) is 12.3. The summed E-state index contributed by atoms with van der Waals surface area (Å²) in [6.45, 7) is 0. The lowest BCUT2D eigenvalue weighted by Gasteiger charge is -2.10. The molecule has 34 heavy (non-hydrogen) atoms. The van der Waals surface area contributed by atoms with Crippen LogP contribution in [-0.4, -0.2) is 6.21 Å². The van der Waals surface area contributed by atoms with E-state index in [0.717, 1.165) is 33.8 Å². The molecule has 0 heterocycles. The molecule has 0 unspecified atom stereocenters. The van der Waals surface area contributed by atoms with Crippen LogP contribution in [0.4, 0.5) is 23.2 Å². The quantitative estimate of drug-likeness (QED) is 0.153. The molecular weight excluding hydrogens is 458 g/mol. The number of hydrogen-bond donors (Lipinski definition) is 0. The number of hydrogen-bond acceptors (Lipinski definition) is 2. The molecule has 0 aromatic heterocycles. The van der Waals surface area contributed by atoms with Crippen LogP contribution in [0.2, 0.25) is 0 Å². The highest BCUT2D eigenvalue weighted by molar-refractivity contribution is 8.08. The van der Waals surface area contributed by atoms with E-state index in [0.29, 0.717) is 10.5 Å². The van der Waals surface area contributed by atoms with Gasteiger partial charge in [-0.25, -0.2) is 4.39 Å². The summed E-state index contributed by atoms with van der Waals surface area (Å²) >= 11 is 1.32. The molecule has 0 N–H and O–H groups in total. The maximum Gasteiger partial charge on any atom is 0.416 e. The SMILES string of the molecule is Fc1ccc(SC(=CC=Nc2ccc(-c3ccccc3)cc2)c2ccc(C(F)(F)F)cc2)cc1. The molecule has 0 aliphatic rings. The van der Waals surface area contributed by atoms with Gasteiger partial charge in [0, 0.05) is 16.0 Å². The number of nitrogens with zero attached hydrogens (tertiary/aromatic N) is 1. The lowest BCUT2D eigenvalue weighted by molar-refractivity contribution is -0.137. The Kier molecular flexibility index (Phi) is 7.28. The molecule has 0 radical (unpaired) electrons. The monoisotopic (exact) mass is 477 g/mol. The minimum absolute atomic E-state index is 0.357. The van der Waals surface area contributed by atoms with Gasteiger partial charge in [-0.1, -0.05) is 66.4 Å². The summed E-state index contributed by atoms with van der Waals surface area (Å²) in [4.78, 5) is 5.91. The number of halogens is 4. The van der Waals surface area contributed by atoms with E-state index in [1.165, 1.54) is 36.0 Å². The molecule has 0 spiro atoms. The molecule has 0 amide bonds. The van der Waals surface area contributed by atoms with Crippen LogP contribution in [0.25, 0.3) is 16.0 Å². The molecular formula is C28H19F4NS. The van der Waals surface area contributed by atoms with Gasteiger partial charge in [-0.15, -0.1) is 0 Å². The highest BCUT2D eigenvalue weighted by Gasteiger charge is 2.30. The van der Waals surface area contributed by atoms with Crippen molar-refractivity contribution >= 4 is 28.6 Å². The number of aliphatic imine (C=N–C) groups is 1. The Balaban J connectivity index is 1.58. The largest absolute Gasteiger partial charge is 0.416 e. The van der Waals surface area contributed by atoms with Crippen LogP contribution in [0, 0.1) is 5.82 Å². The van der Waals surface area contributed by atoms with Gasteiger partial charge in [0.2, 0.25) is 0 Å². The molecule has 0 aliphatic carbocycles. The molecule has 4 aromatic carbocycles. The van der Waals surface area contributed by atoms with Gasteiger partial charge in [0.05, 0.1) is 11.3 Å². The molecule has 0 fully saturated rings. The van der Waals surface area contributed by atoms with E-state index in [1.54, 1.807) is 24.4 Å². The first-order chi connectivity index (χ1) is 16.4. The molecule has 6 heteroatoms. The third-order valence-electron chi connectivity index (χ3n) is 4.96. The first-order valence-electron chi connectivity index (χ1n) is 10.4. The second-order valence-electron chi connectivity index (χ2n) is 7.35. The molecule has 1 nitrogen and oxygen atoms in total. The first-order valence-corrected chi connectivity index (χ1v) is 11.2. The molecule has 0 bridgehead atoms. The predicted octanol–water partition coefficient (Wildman–Crippen LogP) is 9.05. The molecule has 0 saturated heterocycles. The van der Waals surface area contributed by atoms with Gasteiger partial charge in [-0.3, -0.25) is 4.99 Å². The van der Waals surface area contributed by atoms with Crippen molar-refractivity contribution in [2.45, 2.75) is 11.1 Å². The number of benzene rings is 4. The van der Waals surface area contributed by atoms with Crippen molar-refractivity contribution in [1.29, 1.82) is 0 Å². The number of thioether (sulfide) groups is 1. The third-order valence-corrected chi connectivity index (χ3v) is 6.06. The van der Waals surface area contributed by atoms with Crippen molar-refractivity contribution in [2.24, 2.45) is 4.99 Å². The van der Waals surface area contributed by atoms with Gasteiger partial charge in [-0.2, -0.15) is 13.2 Å². The van der Waals surface area contributed by atoms with Crippen LogP contribution in [-0.2, 0) is 6.18 Å². The van der Waals surface area contributed by atoms with Crippen molar-refractivity contribution in [1.82, 2.24) is 0 Å². The average Bonchev–Trinajstić information content (AvgIpc) is 2.85. The van der Waals surface area contributed by atoms with E-state index in [1.807, 2.05) is 54.6 Å². The second-order valence-corrected chi connectivity index (χ2v) is 8.47. The fourth-order valence-electron chi connectivity index (χ4n) is 3.20. The summed E-state index contributed by atoms with van der Waals surface area (Å²) < 4.78 is 52.1. The van der Waals surface area contributed by atoms with Crippen LogP contribution in [0.1, 0.15) is 11.1 Å². The van der Waals surface area contributed by atoms with E-state index < -0.39 is 11.7 Å². The maximum absolute atomic E-state index is 13.3. The predicted molar refractivity (Wildman–Crippen MR) is 132 cm³/mol. The molecule has 4 rings (SSSR count). The lowest BCUT2D eigenvalue weighted by atomic mass is 10.1. The smallest absolute Gasteiger partial charge is 0.257 e. The minimum atomic E-state index is -4.40. The van der Waals surface area contributed by atoms with Crippen LogP contribution < -0.4 is 0 Å². The summed E-state index contributed by atoms with van der Waals surface area (Å²) in [7, 11) is 0. The highest BCUT2D eigenvalue weighted by atomic mass is 32.2. The Labute approximate surface area is 199 Å². The Hall–Kier alpha value is -3.64. The summed E-state index contributed by atoms with van der Waals surface area (Å²) in [5, 5.41) is 0. The summed E-state index contributed by atoms with van der Waals surface area (Å²) in [6.07, 6.45) is -1.05. The van der Waals surface area contributed by atoms with Crippen LogP contribution >= 0.6 is 11.8 Å². The zero-order chi connectivity index (χ0) is 24.0. The zero-order valence-electron chi connectivity index (χ0n) is 17.8. The van der Waals surface area contributed by atoms with Gasteiger partial charge in [0.25, 0.3) is 0 Å². The van der Waals surface area contributed by atoms with Crippen molar-refractivity contribution in [2.75, 3.05) is 0 Å². The topological polar surface area (TPSA) is 12.4 Å². The van der Waals surface area contributed by atoms with Crippen molar-refractivity contribution in [3.05, 3.63) is 126 Å². The van der Waals surface area contributed by atoms with Gasteiger partial charge in [0.15, 0.2) is 0 Å². The van der Waals surface area contributed by atoms with E-state index in [4.69, 9.17) is 0 Å². The van der Waals surface area contributed by atoms with Crippen molar-refractivity contribution in [3.63, 3.8) is 0 Å². The van der Waals surface area contributed by atoms with E-state index >= 15 is 0 Å². The Bertz CT molecular complexity index is 1280. The van der Waals surface area contributed by atoms with E-state index in [9.17, 15) is 17.6 Å². The minimum Gasteiger partial charge on any atom is -0.257 e. The molecule has 4 aromatic rings. The summed E-state index contributed by atoms with van der Waals surface area (Å²) in [5.41, 5.74) is 2.82. The van der Waals surface area contributed by atoms with Crippen LogP contribution in [0.15, 0.2) is 119 Å². The summed E-state index contributed by atoms with van der Waals surface area (Å²) in [5.74, 6) is -0.357. The molecule has 0 aliphatic heterocycles. The standard InChI is InChI=1S/C28H19F4NS/c29-24-12-16-26(17-13-24)34-27(22-6-10-23(11-7-22)28(30,31)32)18-19-33-25-14-8-21(9-15-25)20-4-2-1-3-5-20/h1-19H. The Morgan fingerprint density at radius 3 is 1.94 bits per heavy atom. The van der Waals surface area contributed by atoms with Gasteiger partial charge < -0.3 is 0 Å². The number of allylic oxidation sites excluding steroid dienone is 1. The van der Waals surface area contributed by atoms with E-state index in [-0.39, 0.29) is 5.82 Å². The van der Waals surface area contributed by atoms with Gasteiger partial charge >= 0.3 is 6.18 Å². The zero-order valence-corrected chi connectivity index (χ0v) is 18.7. The Morgan fingerprint density at radius 1 is 0.706 bits per heavy atom. The maximum atomic E-state index is 13.3. The third kappa shape index (κ3) is 6.23. The van der Waals surface area contributed by atoms with Crippen LogP contribution in [0.3, 0.4) is 0 Å². The second kappa shape index (κ2) is 10.5. The average molecular weight is 478 g/mol. The van der Waals surface area contributed by atoms with Gasteiger partial charge in [-0.05, 0) is 71.3 Å². The van der Waals surface area contributed by atoms with Crippen LogP contribution in [0.5, 0.6) is 0 Å². The fraction of sp³-hybridized carbons (Fsp3) is 0.0357. The summed E-state index contributed by atoms with van der Waals surface area (Å²) in [6, 6.07) is 28.6. The molecule has 0 atom stereocenters. The van der Waals surface area contributed by atoms with E-state index in [2.05, 4.69) is 4.99 Å². The lowest BCUT2D eigenvalue weighted by Crippen LogP contribution is -2.04. The highest BCUT2D eigenvalue weighted by Crippen LogP contribution is 2.36. The molecule has 170 valence electrons. The Morgan fingerprint density at radius 2 is 1.32 bits per heavy atom. The first kappa shape index (κ1) is 23.5. The number of alkyl halides is 3. The van der Waals surface area contributed by atoms with Crippen molar-refractivity contribution < 1.29 is 17.6 Å². The fourth-order valence-corrected chi connectivity index (χ4v) is 4.11. The van der Waals surface area contributed by atoms with Gasteiger partial charge in [0.1, 0.15) is 5.82 Å². The molecule has 0 saturated carbocycles. The van der Waals surface area contributed by atoms with Crippen molar-refractivity contribution in [3.8, 4) is 11.1 Å². The number of rotatable bonds is 6.